The van der Waals surface area contributed by atoms with Gasteiger partial charge in [-0.3, -0.25) is 0 Å². The van der Waals surface area contributed by atoms with Gasteiger partial charge in [0.2, 0.25) is 0 Å². The molecule has 0 bridgehead atoms. The first kappa shape index (κ1) is 15.9. The van der Waals surface area contributed by atoms with Crippen molar-refractivity contribution in [2.45, 2.75) is 45.1 Å². The van der Waals surface area contributed by atoms with Crippen LogP contribution in [0.25, 0.3) is 0 Å². The fourth-order valence-corrected chi connectivity index (χ4v) is 2.32. The zero-order chi connectivity index (χ0) is 13.4. The third-order valence-corrected chi connectivity index (χ3v) is 3.68. The lowest BCUT2D eigenvalue weighted by Crippen LogP contribution is -2.47. The van der Waals surface area contributed by atoms with E-state index in [0.717, 1.165) is 39.0 Å². The molecule has 0 aliphatic carbocycles. The molecule has 0 aromatic carbocycles. The van der Waals surface area contributed by atoms with Crippen LogP contribution in [-0.4, -0.2) is 66.3 Å². The summed E-state index contributed by atoms with van der Waals surface area (Å²) in [5.74, 6) is 0. The van der Waals surface area contributed by atoms with Gasteiger partial charge in [0.15, 0.2) is 0 Å². The largest absolute Gasteiger partial charge is 0.390 e. The number of hydrogen-bond donors (Lipinski definition) is 2. The van der Waals surface area contributed by atoms with Crippen molar-refractivity contribution >= 4 is 0 Å². The summed E-state index contributed by atoms with van der Waals surface area (Å²) in [5, 5.41) is 9.72. The molecule has 1 rings (SSSR count). The average molecular weight is 257 g/mol. The Labute approximate surface area is 112 Å². The molecule has 0 amide bonds. The highest BCUT2D eigenvalue weighted by Gasteiger charge is 2.19. The quantitative estimate of drug-likeness (QED) is 0.634. The third-order valence-electron chi connectivity index (χ3n) is 3.68. The number of rotatable bonds is 8. The van der Waals surface area contributed by atoms with Crippen LogP contribution in [0.4, 0.5) is 0 Å². The number of unbranched alkanes of at least 4 members (excludes halogenated alkanes) is 2. The average Bonchev–Trinajstić information content (AvgIpc) is 2.33. The van der Waals surface area contributed by atoms with Gasteiger partial charge in [-0.25, -0.2) is 0 Å². The fourth-order valence-electron chi connectivity index (χ4n) is 2.32. The summed E-state index contributed by atoms with van der Waals surface area (Å²) in [4.78, 5) is 5.02. The summed E-state index contributed by atoms with van der Waals surface area (Å²) in [7, 11) is 0. The van der Waals surface area contributed by atoms with Gasteiger partial charge in [-0.15, -0.1) is 0 Å². The van der Waals surface area contributed by atoms with E-state index in [9.17, 15) is 5.11 Å². The Balaban J connectivity index is 2.05. The number of nitrogens with zero attached hydrogens (tertiary/aromatic N) is 2. The maximum absolute atomic E-state index is 9.72. The van der Waals surface area contributed by atoms with E-state index >= 15 is 0 Å². The highest BCUT2D eigenvalue weighted by molar-refractivity contribution is 4.75. The number of hydrogen-bond acceptors (Lipinski definition) is 4. The molecule has 1 heterocycles. The normalized spacial score (nSPS) is 19.3. The van der Waals surface area contributed by atoms with Crippen molar-refractivity contribution in [1.29, 1.82) is 0 Å². The molecule has 0 radical (unpaired) electrons. The molecule has 1 aliphatic heterocycles. The summed E-state index contributed by atoms with van der Waals surface area (Å²) in [6, 6.07) is 0. The SMILES string of the molecule is CC(C)(O)CCN1CCN(CCCCCN)CC1. The molecule has 0 atom stereocenters. The zero-order valence-electron chi connectivity index (χ0n) is 12.2. The molecule has 108 valence electrons. The standard InChI is InChI=1S/C14H31N3O/c1-14(2,18)6-9-17-12-10-16(11-13-17)8-5-3-4-7-15/h18H,3-13,15H2,1-2H3. The monoisotopic (exact) mass is 257 g/mol. The van der Waals surface area contributed by atoms with Gasteiger partial charge in [0.25, 0.3) is 0 Å². The first-order valence-electron chi connectivity index (χ1n) is 7.38. The number of piperazine rings is 1. The summed E-state index contributed by atoms with van der Waals surface area (Å²) >= 11 is 0. The van der Waals surface area contributed by atoms with E-state index in [-0.39, 0.29) is 0 Å². The summed E-state index contributed by atoms with van der Waals surface area (Å²) in [6.07, 6.45) is 4.56. The Morgan fingerprint density at radius 1 is 0.944 bits per heavy atom. The van der Waals surface area contributed by atoms with Gasteiger partial charge >= 0.3 is 0 Å². The molecule has 1 saturated heterocycles. The summed E-state index contributed by atoms with van der Waals surface area (Å²) in [6.45, 7) is 11.5. The van der Waals surface area contributed by atoms with Gasteiger partial charge in [-0.05, 0) is 46.2 Å². The van der Waals surface area contributed by atoms with E-state index in [0.29, 0.717) is 0 Å². The van der Waals surface area contributed by atoms with E-state index in [1.165, 1.54) is 32.5 Å². The highest BCUT2D eigenvalue weighted by Crippen LogP contribution is 2.10. The number of aliphatic hydroxyl groups is 1. The lowest BCUT2D eigenvalue weighted by Gasteiger charge is -2.35. The molecule has 0 unspecified atom stereocenters. The smallest absolute Gasteiger partial charge is 0.0603 e. The Morgan fingerprint density at radius 2 is 1.50 bits per heavy atom. The maximum Gasteiger partial charge on any atom is 0.0603 e. The summed E-state index contributed by atoms with van der Waals surface area (Å²) in [5.41, 5.74) is 4.97. The zero-order valence-corrected chi connectivity index (χ0v) is 12.2. The molecule has 1 aliphatic rings. The second kappa shape index (κ2) is 8.10. The van der Waals surface area contributed by atoms with Crippen LogP contribution in [0.3, 0.4) is 0 Å². The Morgan fingerprint density at radius 3 is 2.00 bits per heavy atom. The minimum atomic E-state index is -0.528. The van der Waals surface area contributed by atoms with E-state index in [2.05, 4.69) is 9.80 Å². The van der Waals surface area contributed by atoms with Crippen LogP contribution >= 0.6 is 0 Å². The van der Waals surface area contributed by atoms with Crippen molar-refractivity contribution in [2.24, 2.45) is 5.73 Å². The Kier molecular flexibility index (Phi) is 7.15. The van der Waals surface area contributed by atoms with Crippen molar-refractivity contribution in [1.82, 2.24) is 9.80 Å². The topological polar surface area (TPSA) is 52.7 Å². The molecular formula is C14H31N3O. The molecular weight excluding hydrogens is 226 g/mol. The molecule has 1 fully saturated rings. The molecule has 4 nitrogen and oxygen atoms in total. The van der Waals surface area contributed by atoms with Gasteiger partial charge in [0.1, 0.15) is 0 Å². The van der Waals surface area contributed by atoms with Gasteiger partial charge in [-0.1, -0.05) is 6.42 Å². The van der Waals surface area contributed by atoms with Crippen LogP contribution in [-0.2, 0) is 0 Å². The summed E-state index contributed by atoms with van der Waals surface area (Å²) < 4.78 is 0. The highest BCUT2D eigenvalue weighted by atomic mass is 16.3. The van der Waals surface area contributed by atoms with Crippen LogP contribution in [0, 0.1) is 0 Å². The van der Waals surface area contributed by atoms with Gasteiger partial charge in [-0.2, -0.15) is 0 Å². The van der Waals surface area contributed by atoms with Crippen molar-refractivity contribution in [3.63, 3.8) is 0 Å². The molecule has 0 aromatic rings. The van der Waals surface area contributed by atoms with Crippen LogP contribution < -0.4 is 5.73 Å². The first-order chi connectivity index (χ1) is 8.51. The molecule has 3 N–H and O–H groups in total. The van der Waals surface area contributed by atoms with Gasteiger partial charge in [0.05, 0.1) is 5.60 Å². The van der Waals surface area contributed by atoms with Crippen molar-refractivity contribution in [2.75, 3.05) is 45.8 Å². The molecule has 4 heteroatoms. The fraction of sp³-hybridized carbons (Fsp3) is 1.00. The van der Waals surface area contributed by atoms with Crippen LogP contribution in [0.15, 0.2) is 0 Å². The second-order valence-corrected chi connectivity index (χ2v) is 6.10. The van der Waals surface area contributed by atoms with Gasteiger partial charge < -0.3 is 20.6 Å². The van der Waals surface area contributed by atoms with Crippen molar-refractivity contribution in [3.05, 3.63) is 0 Å². The van der Waals surface area contributed by atoms with Crippen molar-refractivity contribution in [3.8, 4) is 0 Å². The lowest BCUT2D eigenvalue weighted by atomic mass is 10.1. The third kappa shape index (κ3) is 7.31. The van der Waals surface area contributed by atoms with Crippen molar-refractivity contribution < 1.29 is 5.11 Å². The predicted octanol–water partition coefficient (Wildman–Crippen LogP) is 0.894. The molecule has 18 heavy (non-hydrogen) atoms. The first-order valence-corrected chi connectivity index (χ1v) is 7.38. The van der Waals surface area contributed by atoms with E-state index in [1.54, 1.807) is 0 Å². The van der Waals surface area contributed by atoms with Crippen LogP contribution in [0.1, 0.15) is 39.5 Å². The minimum Gasteiger partial charge on any atom is -0.390 e. The van der Waals surface area contributed by atoms with Gasteiger partial charge in [0, 0.05) is 32.7 Å². The Hall–Kier alpha value is -0.160. The Bertz CT molecular complexity index is 208. The maximum atomic E-state index is 9.72. The minimum absolute atomic E-state index is 0.528. The number of nitrogens with two attached hydrogens (primary N) is 1. The van der Waals surface area contributed by atoms with Crippen LogP contribution in [0.2, 0.25) is 0 Å². The molecule has 0 saturated carbocycles. The molecule has 0 aromatic heterocycles. The van der Waals surface area contributed by atoms with E-state index in [1.807, 2.05) is 13.8 Å². The van der Waals surface area contributed by atoms with Crippen LogP contribution in [0.5, 0.6) is 0 Å². The predicted molar refractivity (Wildman–Crippen MR) is 76.7 cm³/mol. The lowest BCUT2D eigenvalue weighted by molar-refractivity contribution is 0.0474. The van der Waals surface area contributed by atoms with E-state index in [4.69, 9.17) is 5.73 Å². The second-order valence-electron chi connectivity index (χ2n) is 6.10. The molecule has 0 spiro atoms. The van der Waals surface area contributed by atoms with E-state index < -0.39 is 5.60 Å².